The second kappa shape index (κ2) is 7.34. The van der Waals surface area contributed by atoms with Crippen LogP contribution in [0.2, 0.25) is 0 Å². The van der Waals surface area contributed by atoms with E-state index in [0.717, 1.165) is 31.6 Å². The van der Waals surface area contributed by atoms with Crippen molar-refractivity contribution in [3.8, 4) is 0 Å². The third-order valence-electron chi connectivity index (χ3n) is 2.44. The molecule has 1 unspecified atom stereocenters. The molecule has 0 spiro atoms. The molecule has 2 heteroatoms. The van der Waals surface area contributed by atoms with Gasteiger partial charge in [0.1, 0.15) is 0 Å². The van der Waals surface area contributed by atoms with Gasteiger partial charge in [0.05, 0.1) is 13.2 Å². The van der Waals surface area contributed by atoms with Crippen LogP contribution in [0.5, 0.6) is 0 Å². The first-order chi connectivity index (χ1) is 6.20. The summed E-state index contributed by atoms with van der Waals surface area (Å²) in [4.78, 5) is 2.36. The van der Waals surface area contributed by atoms with Crippen LogP contribution < -0.4 is 0 Å². The van der Waals surface area contributed by atoms with E-state index in [0.29, 0.717) is 0 Å². The lowest BCUT2D eigenvalue weighted by Crippen LogP contribution is -2.28. The van der Waals surface area contributed by atoms with Gasteiger partial charge in [0, 0.05) is 13.1 Å². The fraction of sp³-hybridized carbons (Fsp3) is 1.00. The van der Waals surface area contributed by atoms with E-state index in [-0.39, 0.29) is 0 Å². The molecule has 1 aliphatic rings. The molecule has 0 aromatic heterocycles. The SMILES string of the molecule is CC.CC(C)C1COCCN(C)C1. The van der Waals surface area contributed by atoms with Crippen molar-refractivity contribution >= 4 is 0 Å². The Balaban J connectivity index is 0.000000671. The van der Waals surface area contributed by atoms with Crippen molar-refractivity contribution < 1.29 is 4.74 Å². The average molecular weight is 187 g/mol. The van der Waals surface area contributed by atoms with E-state index < -0.39 is 0 Å². The predicted molar refractivity (Wildman–Crippen MR) is 58.0 cm³/mol. The zero-order valence-corrected chi connectivity index (χ0v) is 9.84. The number of ether oxygens (including phenoxy) is 1. The highest BCUT2D eigenvalue weighted by atomic mass is 16.5. The Morgan fingerprint density at radius 2 is 1.92 bits per heavy atom. The third kappa shape index (κ3) is 5.27. The van der Waals surface area contributed by atoms with Crippen LogP contribution >= 0.6 is 0 Å². The van der Waals surface area contributed by atoms with Gasteiger partial charge in [0.15, 0.2) is 0 Å². The number of hydrogen-bond acceptors (Lipinski definition) is 2. The third-order valence-corrected chi connectivity index (χ3v) is 2.44. The number of hydrogen-bond donors (Lipinski definition) is 0. The summed E-state index contributed by atoms with van der Waals surface area (Å²) in [6.07, 6.45) is 0. The summed E-state index contributed by atoms with van der Waals surface area (Å²) < 4.78 is 5.50. The summed E-state index contributed by atoms with van der Waals surface area (Å²) in [5.74, 6) is 1.47. The first-order valence-electron chi connectivity index (χ1n) is 5.46. The van der Waals surface area contributed by atoms with Gasteiger partial charge in [-0.05, 0) is 18.9 Å². The summed E-state index contributed by atoms with van der Waals surface area (Å²) >= 11 is 0. The number of rotatable bonds is 1. The molecule has 1 fully saturated rings. The second-order valence-corrected chi connectivity index (χ2v) is 3.84. The van der Waals surface area contributed by atoms with E-state index in [2.05, 4.69) is 25.8 Å². The van der Waals surface area contributed by atoms with Crippen LogP contribution in [-0.4, -0.2) is 38.3 Å². The van der Waals surface area contributed by atoms with Gasteiger partial charge in [0.2, 0.25) is 0 Å². The zero-order chi connectivity index (χ0) is 10.3. The summed E-state index contributed by atoms with van der Waals surface area (Å²) in [7, 11) is 2.17. The monoisotopic (exact) mass is 187 g/mol. The molecule has 1 atom stereocenters. The Bertz CT molecular complexity index is 115. The minimum Gasteiger partial charge on any atom is -0.380 e. The smallest absolute Gasteiger partial charge is 0.0593 e. The van der Waals surface area contributed by atoms with Gasteiger partial charge in [-0.15, -0.1) is 0 Å². The van der Waals surface area contributed by atoms with E-state index in [1.807, 2.05) is 13.8 Å². The normalized spacial score (nSPS) is 24.9. The van der Waals surface area contributed by atoms with Gasteiger partial charge in [-0.25, -0.2) is 0 Å². The molecule has 0 radical (unpaired) electrons. The summed E-state index contributed by atoms with van der Waals surface area (Å²) in [5, 5.41) is 0. The van der Waals surface area contributed by atoms with Crippen molar-refractivity contribution in [3.63, 3.8) is 0 Å². The lowest BCUT2D eigenvalue weighted by atomic mass is 9.96. The van der Waals surface area contributed by atoms with Crippen LogP contribution in [0.25, 0.3) is 0 Å². The van der Waals surface area contributed by atoms with Crippen molar-refractivity contribution in [1.82, 2.24) is 4.90 Å². The maximum atomic E-state index is 5.50. The predicted octanol–water partition coefficient (Wildman–Crippen LogP) is 2.25. The van der Waals surface area contributed by atoms with Crippen LogP contribution in [0, 0.1) is 11.8 Å². The van der Waals surface area contributed by atoms with Crippen LogP contribution in [0.15, 0.2) is 0 Å². The van der Waals surface area contributed by atoms with Crippen LogP contribution in [0.4, 0.5) is 0 Å². The highest BCUT2D eigenvalue weighted by molar-refractivity contribution is 4.69. The fourth-order valence-electron chi connectivity index (χ4n) is 1.40. The van der Waals surface area contributed by atoms with Crippen LogP contribution in [0.1, 0.15) is 27.7 Å². The molecular formula is C11H25NO. The van der Waals surface area contributed by atoms with E-state index >= 15 is 0 Å². The standard InChI is InChI=1S/C9H19NO.C2H6/c1-8(2)9-6-10(3)4-5-11-7-9;1-2/h8-9H,4-7H2,1-3H3;1-2H3. The van der Waals surface area contributed by atoms with Gasteiger partial charge in [-0.2, -0.15) is 0 Å². The largest absolute Gasteiger partial charge is 0.380 e. The zero-order valence-electron chi connectivity index (χ0n) is 9.84. The molecule has 0 amide bonds. The molecule has 0 saturated carbocycles. The molecule has 2 nitrogen and oxygen atoms in total. The Labute approximate surface area is 83.3 Å². The van der Waals surface area contributed by atoms with E-state index in [1.54, 1.807) is 0 Å². The van der Waals surface area contributed by atoms with Gasteiger partial charge in [-0.1, -0.05) is 27.7 Å². The molecule has 1 aliphatic heterocycles. The Kier molecular flexibility index (Phi) is 7.29. The highest BCUT2D eigenvalue weighted by Crippen LogP contribution is 2.14. The lowest BCUT2D eigenvalue weighted by molar-refractivity contribution is 0.108. The van der Waals surface area contributed by atoms with E-state index in [4.69, 9.17) is 4.74 Å². The molecule has 80 valence electrons. The fourth-order valence-corrected chi connectivity index (χ4v) is 1.40. The lowest BCUT2D eigenvalue weighted by Gasteiger charge is -2.21. The molecule has 0 aromatic rings. The van der Waals surface area contributed by atoms with Crippen molar-refractivity contribution in [2.24, 2.45) is 11.8 Å². The molecule has 0 aliphatic carbocycles. The summed E-state index contributed by atoms with van der Waals surface area (Å²) in [6.45, 7) is 12.7. The van der Waals surface area contributed by atoms with Crippen LogP contribution in [0.3, 0.4) is 0 Å². The first-order valence-corrected chi connectivity index (χ1v) is 5.46. The van der Waals surface area contributed by atoms with E-state index in [1.165, 1.54) is 6.54 Å². The highest BCUT2D eigenvalue weighted by Gasteiger charge is 2.18. The van der Waals surface area contributed by atoms with Gasteiger partial charge >= 0.3 is 0 Å². The minimum atomic E-state index is 0.725. The first kappa shape index (κ1) is 12.9. The Hall–Kier alpha value is -0.0800. The molecule has 1 saturated heterocycles. The minimum absolute atomic E-state index is 0.725. The quantitative estimate of drug-likeness (QED) is 0.624. The summed E-state index contributed by atoms with van der Waals surface area (Å²) in [5.41, 5.74) is 0. The van der Waals surface area contributed by atoms with Crippen molar-refractivity contribution in [2.45, 2.75) is 27.7 Å². The van der Waals surface area contributed by atoms with Crippen molar-refractivity contribution in [3.05, 3.63) is 0 Å². The molecular weight excluding hydrogens is 162 g/mol. The Morgan fingerprint density at radius 3 is 2.46 bits per heavy atom. The molecule has 0 aromatic carbocycles. The van der Waals surface area contributed by atoms with Gasteiger partial charge < -0.3 is 9.64 Å². The van der Waals surface area contributed by atoms with Gasteiger partial charge in [0.25, 0.3) is 0 Å². The molecule has 13 heavy (non-hydrogen) atoms. The van der Waals surface area contributed by atoms with E-state index in [9.17, 15) is 0 Å². The number of likely N-dealkylation sites (N-methyl/N-ethyl adjacent to an activating group) is 1. The molecule has 0 bridgehead atoms. The van der Waals surface area contributed by atoms with Crippen LogP contribution in [-0.2, 0) is 4.74 Å². The topological polar surface area (TPSA) is 12.5 Å². The van der Waals surface area contributed by atoms with Crippen molar-refractivity contribution in [1.29, 1.82) is 0 Å². The van der Waals surface area contributed by atoms with Gasteiger partial charge in [-0.3, -0.25) is 0 Å². The maximum absolute atomic E-state index is 5.50. The average Bonchev–Trinajstić information content (AvgIpc) is 2.33. The summed E-state index contributed by atoms with van der Waals surface area (Å²) in [6, 6.07) is 0. The second-order valence-electron chi connectivity index (χ2n) is 3.84. The molecule has 1 rings (SSSR count). The Morgan fingerprint density at radius 1 is 1.31 bits per heavy atom. The molecule has 0 N–H and O–H groups in total. The number of nitrogens with zero attached hydrogens (tertiary/aromatic N) is 1. The maximum Gasteiger partial charge on any atom is 0.0593 e. The van der Waals surface area contributed by atoms with Crippen molar-refractivity contribution in [2.75, 3.05) is 33.4 Å². The molecule has 1 heterocycles.